The molecule has 0 radical (unpaired) electrons. The molecule has 0 aliphatic heterocycles. The summed E-state index contributed by atoms with van der Waals surface area (Å²) in [7, 11) is 0. The largest absolute Gasteiger partial charge is 0.303 e. The fraction of sp³-hybridized carbons (Fsp3) is 0.900. The van der Waals surface area contributed by atoms with E-state index in [1.54, 1.807) is 6.92 Å². The van der Waals surface area contributed by atoms with Gasteiger partial charge in [-0.2, -0.15) is 0 Å². The van der Waals surface area contributed by atoms with E-state index in [9.17, 15) is 9.59 Å². The molecule has 0 saturated heterocycles. The highest BCUT2D eigenvalue weighted by Gasteiger charge is 2.06. The number of hydrogen-bond donors (Lipinski definition) is 0. The maximum atomic E-state index is 11.1. The van der Waals surface area contributed by atoms with E-state index in [1.165, 1.54) is 76.9 Å². The molecule has 1 atom stereocenters. The Morgan fingerprint density at radius 2 is 1.23 bits per heavy atom. The van der Waals surface area contributed by atoms with Gasteiger partial charge in [-0.3, -0.25) is 0 Å². The van der Waals surface area contributed by atoms with Crippen LogP contribution >= 0.6 is 0 Å². The quantitative estimate of drug-likeness (QED) is 0.234. The molecule has 2 nitrogen and oxygen atoms in total. The molecule has 0 rings (SSSR count). The second kappa shape index (κ2) is 16.7. The summed E-state index contributed by atoms with van der Waals surface area (Å²) in [5.41, 5.74) is 0. The van der Waals surface area contributed by atoms with Crippen LogP contribution in [0.4, 0.5) is 0 Å². The number of unbranched alkanes of at least 4 members (excludes halogenated alkanes) is 10. The lowest BCUT2D eigenvalue weighted by Gasteiger charge is -2.10. The van der Waals surface area contributed by atoms with Gasteiger partial charge in [0, 0.05) is 12.3 Å². The number of carbonyl (C=O) groups excluding carboxylic acids is 2. The average molecular weight is 311 g/mol. The first-order valence-corrected chi connectivity index (χ1v) is 9.65. The average Bonchev–Trinajstić information content (AvgIpc) is 2.50. The number of Topliss-reactive ketones (excluding diaryl/α,β-unsaturated/α-hetero) is 1. The Kier molecular flexibility index (Phi) is 16.2. The number of rotatable bonds is 17. The molecule has 0 saturated carbocycles. The van der Waals surface area contributed by atoms with Crippen molar-refractivity contribution < 1.29 is 9.59 Å². The molecule has 0 N–H and O–H groups in total. The SMILES string of the molecule is CCCCCCCCC(C=O)CCCCCCCCC(C)=O. The van der Waals surface area contributed by atoms with E-state index in [1.807, 2.05) is 0 Å². The van der Waals surface area contributed by atoms with Crippen molar-refractivity contribution in [3.63, 3.8) is 0 Å². The lowest BCUT2D eigenvalue weighted by atomic mass is 9.95. The molecule has 0 fully saturated rings. The van der Waals surface area contributed by atoms with Crippen molar-refractivity contribution >= 4 is 12.1 Å². The number of carbonyl (C=O) groups is 2. The van der Waals surface area contributed by atoms with Crippen LogP contribution in [-0.2, 0) is 9.59 Å². The van der Waals surface area contributed by atoms with Crippen molar-refractivity contribution in [1.82, 2.24) is 0 Å². The third kappa shape index (κ3) is 15.7. The summed E-state index contributed by atoms with van der Waals surface area (Å²) >= 11 is 0. The highest BCUT2D eigenvalue weighted by molar-refractivity contribution is 5.75. The smallest absolute Gasteiger partial charge is 0.129 e. The van der Waals surface area contributed by atoms with Crippen LogP contribution < -0.4 is 0 Å². The van der Waals surface area contributed by atoms with Crippen molar-refractivity contribution in [1.29, 1.82) is 0 Å². The molecule has 0 heterocycles. The minimum absolute atomic E-state index is 0.295. The first-order chi connectivity index (χ1) is 10.7. The Balaban J connectivity index is 3.35. The van der Waals surface area contributed by atoms with Crippen LogP contribution in [0.1, 0.15) is 110 Å². The Hall–Kier alpha value is -0.660. The number of hydrogen-bond acceptors (Lipinski definition) is 2. The maximum Gasteiger partial charge on any atom is 0.129 e. The summed E-state index contributed by atoms with van der Waals surface area (Å²) < 4.78 is 0. The van der Waals surface area contributed by atoms with Crippen molar-refractivity contribution in [3.05, 3.63) is 0 Å². The van der Waals surface area contributed by atoms with E-state index < -0.39 is 0 Å². The molecular weight excluding hydrogens is 272 g/mol. The van der Waals surface area contributed by atoms with Gasteiger partial charge in [0.2, 0.25) is 0 Å². The monoisotopic (exact) mass is 310 g/mol. The summed E-state index contributed by atoms with van der Waals surface area (Å²) in [6.07, 6.45) is 19.1. The van der Waals surface area contributed by atoms with Crippen molar-refractivity contribution in [3.8, 4) is 0 Å². The normalized spacial score (nSPS) is 12.3. The Labute approximate surface area is 138 Å². The predicted molar refractivity (Wildman–Crippen MR) is 95.2 cm³/mol. The standard InChI is InChI=1S/C20H38O2/c1-3-4-5-6-10-13-16-20(18-21)17-14-11-8-7-9-12-15-19(2)22/h18,20H,3-17H2,1-2H3. The molecule has 130 valence electrons. The van der Waals surface area contributed by atoms with E-state index in [4.69, 9.17) is 0 Å². The molecule has 0 aromatic rings. The van der Waals surface area contributed by atoms with E-state index >= 15 is 0 Å². The number of ketones is 1. The topological polar surface area (TPSA) is 34.1 Å². The first kappa shape index (κ1) is 21.3. The number of aldehydes is 1. The van der Waals surface area contributed by atoms with E-state index in [0.717, 1.165) is 25.7 Å². The van der Waals surface area contributed by atoms with Gasteiger partial charge in [-0.25, -0.2) is 0 Å². The molecule has 0 aliphatic rings. The summed E-state index contributed by atoms with van der Waals surface area (Å²) in [5, 5.41) is 0. The van der Waals surface area contributed by atoms with Crippen LogP contribution in [0.3, 0.4) is 0 Å². The summed E-state index contributed by atoms with van der Waals surface area (Å²) in [6, 6.07) is 0. The molecule has 22 heavy (non-hydrogen) atoms. The van der Waals surface area contributed by atoms with Gasteiger partial charge in [-0.1, -0.05) is 77.6 Å². The second-order valence-corrected chi connectivity index (χ2v) is 6.81. The van der Waals surface area contributed by atoms with Crippen molar-refractivity contribution in [2.75, 3.05) is 0 Å². The van der Waals surface area contributed by atoms with Gasteiger partial charge < -0.3 is 9.59 Å². The zero-order chi connectivity index (χ0) is 16.5. The zero-order valence-electron chi connectivity index (χ0n) is 15.1. The lowest BCUT2D eigenvalue weighted by molar-refractivity contribution is -0.117. The minimum Gasteiger partial charge on any atom is -0.303 e. The predicted octanol–water partition coefficient (Wildman–Crippen LogP) is 6.26. The van der Waals surface area contributed by atoms with Crippen LogP contribution in [0.25, 0.3) is 0 Å². The van der Waals surface area contributed by atoms with Crippen LogP contribution in [0.2, 0.25) is 0 Å². The van der Waals surface area contributed by atoms with Gasteiger partial charge in [-0.05, 0) is 26.2 Å². The van der Waals surface area contributed by atoms with Gasteiger partial charge in [0.05, 0.1) is 0 Å². The zero-order valence-corrected chi connectivity index (χ0v) is 15.1. The van der Waals surface area contributed by atoms with Crippen LogP contribution in [0, 0.1) is 5.92 Å². The highest BCUT2D eigenvalue weighted by Crippen LogP contribution is 2.17. The van der Waals surface area contributed by atoms with Crippen LogP contribution in [0.15, 0.2) is 0 Å². The van der Waals surface area contributed by atoms with Crippen molar-refractivity contribution in [2.24, 2.45) is 5.92 Å². The third-order valence-electron chi connectivity index (χ3n) is 4.47. The van der Waals surface area contributed by atoms with Gasteiger partial charge in [0.15, 0.2) is 0 Å². The lowest BCUT2D eigenvalue weighted by Crippen LogP contribution is -2.02. The molecule has 0 bridgehead atoms. The van der Waals surface area contributed by atoms with E-state index in [-0.39, 0.29) is 0 Å². The molecule has 0 spiro atoms. The third-order valence-corrected chi connectivity index (χ3v) is 4.47. The first-order valence-electron chi connectivity index (χ1n) is 9.65. The van der Waals surface area contributed by atoms with Crippen LogP contribution in [-0.4, -0.2) is 12.1 Å². The highest BCUT2D eigenvalue weighted by atomic mass is 16.1. The van der Waals surface area contributed by atoms with E-state index in [2.05, 4.69) is 6.92 Å². The molecule has 0 aliphatic carbocycles. The summed E-state index contributed by atoms with van der Waals surface area (Å²) in [6.45, 7) is 3.91. The van der Waals surface area contributed by atoms with E-state index in [0.29, 0.717) is 11.7 Å². The van der Waals surface area contributed by atoms with Crippen molar-refractivity contribution in [2.45, 2.75) is 110 Å². The molecular formula is C20H38O2. The molecule has 0 aromatic carbocycles. The molecule has 1 unspecified atom stereocenters. The van der Waals surface area contributed by atoms with Gasteiger partial charge >= 0.3 is 0 Å². The Morgan fingerprint density at radius 1 is 0.773 bits per heavy atom. The van der Waals surface area contributed by atoms with Gasteiger partial charge in [0.25, 0.3) is 0 Å². The molecule has 2 heteroatoms. The summed E-state index contributed by atoms with van der Waals surface area (Å²) in [4.78, 5) is 21.9. The molecule has 0 aromatic heterocycles. The fourth-order valence-electron chi connectivity index (χ4n) is 2.95. The minimum atomic E-state index is 0.295. The van der Waals surface area contributed by atoms with Gasteiger partial charge in [0.1, 0.15) is 12.1 Å². The second-order valence-electron chi connectivity index (χ2n) is 6.81. The fourth-order valence-corrected chi connectivity index (χ4v) is 2.95. The maximum absolute atomic E-state index is 11.1. The Bertz CT molecular complexity index is 260. The Morgan fingerprint density at radius 3 is 1.68 bits per heavy atom. The molecule has 0 amide bonds. The summed E-state index contributed by atoms with van der Waals surface area (Å²) in [5.74, 6) is 0.604. The van der Waals surface area contributed by atoms with Gasteiger partial charge in [-0.15, -0.1) is 0 Å². The van der Waals surface area contributed by atoms with Crippen LogP contribution in [0.5, 0.6) is 0 Å².